The number of allylic oxidation sites excluding steroid dienone is 1. The molecule has 5 N–H and O–H groups in total. The first-order chi connectivity index (χ1) is 17.0. The number of aliphatic hydroxyl groups is 1. The zero-order valence-electron chi connectivity index (χ0n) is 20.5. The number of imidazole rings is 1. The number of nitrogens with one attached hydrogen (secondary N) is 2. The summed E-state index contributed by atoms with van der Waals surface area (Å²) in [5, 5.41) is 17.5. The normalized spacial score (nSPS) is 10.2. The zero-order valence-corrected chi connectivity index (χ0v) is 20.5. The second-order valence-corrected chi connectivity index (χ2v) is 6.89. The van der Waals surface area contributed by atoms with E-state index in [4.69, 9.17) is 11.1 Å². The third kappa shape index (κ3) is 6.94. The van der Waals surface area contributed by atoms with E-state index in [0.29, 0.717) is 34.2 Å². The highest BCUT2D eigenvalue weighted by Crippen LogP contribution is 2.33. The number of aliphatic hydroxyl groups excluding tert-OH is 1. The van der Waals surface area contributed by atoms with E-state index >= 15 is 0 Å². The summed E-state index contributed by atoms with van der Waals surface area (Å²) >= 11 is 0. The molecule has 0 aliphatic heterocycles. The van der Waals surface area contributed by atoms with Crippen LogP contribution in [0.25, 0.3) is 28.6 Å². The van der Waals surface area contributed by atoms with Crippen LogP contribution in [0.1, 0.15) is 44.6 Å². The second-order valence-electron chi connectivity index (χ2n) is 6.89. The van der Waals surface area contributed by atoms with Gasteiger partial charge in [0.25, 0.3) is 0 Å². The van der Waals surface area contributed by atoms with Gasteiger partial charge < -0.3 is 21.2 Å². The van der Waals surface area contributed by atoms with E-state index in [2.05, 4.69) is 15.0 Å². The maximum absolute atomic E-state index is 13.1. The van der Waals surface area contributed by atoms with Crippen molar-refractivity contribution in [2.75, 3.05) is 5.73 Å². The number of nitrogens with zero attached hydrogens (tertiary/aromatic N) is 2. The standard InChI is InChI=1S/C24H20FN5O.2C2H6/c25-18-9-7-16(8-10-18)20(26)11-12-21-29-22(17-5-3-15(14-31)4-6-17)23(30-21)19-2-1-13-28-24(19)27;2*1-2/h1-13,26,31H,14H2,(H2,27,28)(H,29,30);2*1-2H3/b12-11-,26-20?;;. The predicted octanol–water partition coefficient (Wildman–Crippen LogP) is 6.49. The van der Waals surface area contributed by atoms with Gasteiger partial charge in [-0.2, -0.15) is 0 Å². The van der Waals surface area contributed by atoms with Gasteiger partial charge in [-0.1, -0.05) is 52.0 Å². The predicted molar refractivity (Wildman–Crippen MR) is 143 cm³/mol. The molecule has 2 aromatic heterocycles. The molecule has 7 heteroatoms. The smallest absolute Gasteiger partial charge is 0.132 e. The van der Waals surface area contributed by atoms with E-state index < -0.39 is 0 Å². The number of hydrogen-bond acceptors (Lipinski definition) is 5. The minimum atomic E-state index is -0.345. The molecule has 0 radical (unpaired) electrons. The van der Waals surface area contributed by atoms with Crippen LogP contribution in [0.4, 0.5) is 10.2 Å². The van der Waals surface area contributed by atoms with Gasteiger partial charge in [0.1, 0.15) is 17.5 Å². The molecule has 2 aromatic carbocycles. The van der Waals surface area contributed by atoms with E-state index in [-0.39, 0.29) is 18.1 Å². The molecule has 4 rings (SSSR count). The minimum Gasteiger partial charge on any atom is -0.392 e. The number of H-pyrrole nitrogens is 1. The van der Waals surface area contributed by atoms with E-state index in [9.17, 15) is 9.50 Å². The van der Waals surface area contributed by atoms with Crippen LogP contribution < -0.4 is 5.73 Å². The van der Waals surface area contributed by atoms with Crippen LogP contribution in [0, 0.1) is 11.2 Å². The van der Waals surface area contributed by atoms with Gasteiger partial charge in [-0.3, -0.25) is 0 Å². The van der Waals surface area contributed by atoms with Crippen molar-refractivity contribution in [2.24, 2.45) is 0 Å². The topological polar surface area (TPSA) is 112 Å². The number of pyridine rings is 1. The summed E-state index contributed by atoms with van der Waals surface area (Å²) in [6, 6.07) is 16.8. The number of anilines is 1. The van der Waals surface area contributed by atoms with E-state index in [0.717, 1.165) is 11.1 Å². The molecule has 35 heavy (non-hydrogen) atoms. The van der Waals surface area contributed by atoms with Crippen LogP contribution in [-0.2, 0) is 6.61 Å². The van der Waals surface area contributed by atoms with Crippen molar-refractivity contribution >= 4 is 17.6 Å². The number of rotatable bonds is 6. The maximum atomic E-state index is 13.1. The molecule has 0 aliphatic rings. The molecule has 0 amide bonds. The molecule has 0 spiro atoms. The fourth-order valence-corrected chi connectivity index (χ4v) is 3.16. The van der Waals surface area contributed by atoms with Gasteiger partial charge >= 0.3 is 0 Å². The van der Waals surface area contributed by atoms with Gasteiger partial charge in [0.05, 0.1) is 23.7 Å². The van der Waals surface area contributed by atoms with Gasteiger partial charge in [0.2, 0.25) is 0 Å². The summed E-state index contributed by atoms with van der Waals surface area (Å²) in [5.41, 5.74) is 10.7. The minimum absolute atomic E-state index is 0.0389. The first-order valence-electron chi connectivity index (χ1n) is 11.6. The van der Waals surface area contributed by atoms with Crippen LogP contribution >= 0.6 is 0 Å². The van der Waals surface area contributed by atoms with Crippen molar-refractivity contribution in [1.29, 1.82) is 5.41 Å². The Morgan fingerprint density at radius 1 is 1.03 bits per heavy atom. The highest BCUT2D eigenvalue weighted by atomic mass is 19.1. The lowest BCUT2D eigenvalue weighted by Crippen LogP contribution is -1.95. The van der Waals surface area contributed by atoms with Gasteiger partial charge in [-0.05, 0) is 59.7 Å². The largest absolute Gasteiger partial charge is 0.392 e. The summed E-state index contributed by atoms with van der Waals surface area (Å²) < 4.78 is 13.1. The summed E-state index contributed by atoms with van der Waals surface area (Å²) in [5.74, 6) is 0.558. The number of aromatic nitrogens is 3. The molecule has 0 aliphatic carbocycles. The molecule has 0 saturated carbocycles. The van der Waals surface area contributed by atoms with Crippen molar-refractivity contribution in [3.05, 3.63) is 95.7 Å². The van der Waals surface area contributed by atoms with E-state index in [1.54, 1.807) is 36.5 Å². The van der Waals surface area contributed by atoms with Crippen molar-refractivity contribution in [2.45, 2.75) is 34.3 Å². The molecule has 0 bridgehead atoms. The van der Waals surface area contributed by atoms with Crippen LogP contribution in [0.2, 0.25) is 0 Å². The molecule has 4 aromatic rings. The highest BCUT2D eigenvalue weighted by molar-refractivity contribution is 6.08. The summed E-state index contributed by atoms with van der Waals surface area (Å²) in [6.07, 6.45) is 4.91. The summed E-state index contributed by atoms with van der Waals surface area (Å²) in [6.45, 7) is 7.96. The zero-order chi connectivity index (χ0) is 25.8. The molecule has 0 unspecified atom stereocenters. The molecule has 2 heterocycles. The first kappa shape index (κ1) is 27.1. The van der Waals surface area contributed by atoms with Crippen LogP contribution in [0.5, 0.6) is 0 Å². The Labute approximate surface area is 205 Å². The number of halogens is 1. The quantitative estimate of drug-likeness (QED) is 0.240. The molecular formula is C28H32FN5O. The van der Waals surface area contributed by atoms with Gasteiger partial charge in [-0.15, -0.1) is 0 Å². The van der Waals surface area contributed by atoms with E-state index in [1.807, 2.05) is 58.0 Å². The molecule has 6 nitrogen and oxygen atoms in total. The Morgan fingerprint density at radius 2 is 1.69 bits per heavy atom. The molecule has 0 fully saturated rings. The second kappa shape index (κ2) is 13.6. The van der Waals surface area contributed by atoms with Crippen LogP contribution in [0.3, 0.4) is 0 Å². The number of nitrogen functional groups attached to an aromatic ring is 1. The van der Waals surface area contributed by atoms with Crippen LogP contribution in [0.15, 0.2) is 72.9 Å². The number of hydrogen-bond donors (Lipinski definition) is 4. The molecule has 182 valence electrons. The van der Waals surface area contributed by atoms with Crippen molar-refractivity contribution in [1.82, 2.24) is 15.0 Å². The van der Waals surface area contributed by atoms with Gasteiger partial charge in [0, 0.05) is 17.3 Å². The Hall–Kier alpha value is -4.10. The first-order valence-corrected chi connectivity index (χ1v) is 11.6. The third-order valence-corrected chi connectivity index (χ3v) is 4.80. The fourth-order valence-electron chi connectivity index (χ4n) is 3.16. The highest BCUT2D eigenvalue weighted by Gasteiger charge is 2.16. The fraction of sp³-hybridized carbons (Fsp3) is 0.179. The monoisotopic (exact) mass is 473 g/mol. The van der Waals surface area contributed by atoms with Crippen LogP contribution in [-0.4, -0.2) is 25.8 Å². The van der Waals surface area contributed by atoms with Gasteiger partial charge in [0.15, 0.2) is 0 Å². The Balaban J connectivity index is 0.00000103. The SMILES string of the molecule is CC.CC.N=C(/C=C\c1nc(-c2ccc(CO)cc2)c(-c2cccnc2N)[nH]1)c1ccc(F)cc1. The summed E-state index contributed by atoms with van der Waals surface area (Å²) in [4.78, 5) is 12.1. The average molecular weight is 474 g/mol. The lowest BCUT2D eigenvalue weighted by atomic mass is 10.0. The van der Waals surface area contributed by atoms with E-state index in [1.165, 1.54) is 12.1 Å². The Bertz CT molecular complexity index is 1250. The molecular weight excluding hydrogens is 441 g/mol. The maximum Gasteiger partial charge on any atom is 0.132 e. The third-order valence-electron chi connectivity index (χ3n) is 4.80. The van der Waals surface area contributed by atoms with Crippen molar-refractivity contribution in [3.8, 4) is 22.5 Å². The average Bonchev–Trinajstić information content (AvgIpc) is 3.34. The number of aromatic amines is 1. The lowest BCUT2D eigenvalue weighted by Gasteiger charge is -2.06. The Kier molecular flexibility index (Phi) is 10.5. The van der Waals surface area contributed by atoms with Crippen molar-refractivity contribution < 1.29 is 9.50 Å². The lowest BCUT2D eigenvalue weighted by molar-refractivity contribution is 0.282. The Morgan fingerprint density at radius 3 is 2.29 bits per heavy atom. The number of nitrogens with two attached hydrogens (primary N) is 1. The number of benzene rings is 2. The molecule has 0 atom stereocenters. The summed E-state index contributed by atoms with van der Waals surface area (Å²) in [7, 11) is 0. The van der Waals surface area contributed by atoms with Gasteiger partial charge in [-0.25, -0.2) is 14.4 Å². The molecule has 0 saturated heterocycles. The van der Waals surface area contributed by atoms with Crippen molar-refractivity contribution in [3.63, 3.8) is 0 Å².